The summed E-state index contributed by atoms with van der Waals surface area (Å²) in [6.07, 6.45) is -0.0240. The molecule has 0 spiro atoms. The lowest BCUT2D eigenvalue weighted by Crippen LogP contribution is -2.42. The summed E-state index contributed by atoms with van der Waals surface area (Å²) in [7, 11) is 2.03. The molecule has 104 valence electrons. The number of carboxylic acids is 1. The van der Waals surface area contributed by atoms with E-state index in [2.05, 4.69) is 20.8 Å². The maximum Gasteiger partial charge on any atom is 0.339 e. The second-order valence-electron chi connectivity index (χ2n) is 4.51. The summed E-state index contributed by atoms with van der Waals surface area (Å²) in [6, 6.07) is 4.95. The highest BCUT2D eigenvalue weighted by molar-refractivity contribution is 9.10. The van der Waals surface area contributed by atoms with E-state index in [4.69, 9.17) is 14.6 Å². The molecule has 6 heteroatoms. The number of likely N-dealkylation sites (N-methyl/N-ethyl adjacent to an activating group) is 1. The van der Waals surface area contributed by atoms with Gasteiger partial charge in [0.1, 0.15) is 24.0 Å². The van der Waals surface area contributed by atoms with Crippen molar-refractivity contribution in [2.45, 2.75) is 6.10 Å². The Kier molecular flexibility index (Phi) is 4.79. The lowest BCUT2D eigenvalue weighted by molar-refractivity contribution is -0.0405. The van der Waals surface area contributed by atoms with E-state index in [1.165, 1.54) is 6.07 Å². The van der Waals surface area contributed by atoms with Crippen LogP contribution in [0.2, 0.25) is 0 Å². The van der Waals surface area contributed by atoms with Gasteiger partial charge in [0, 0.05) is 17.6 Å². The predicted molar refractivity (Wildman–Crippen MR) is 73.8 cm³/mol. The van der Waals surface area contributed by atoms with Crippen molar-refractivity contribution in [3.05, 3.63) is 28.2 Å². The second-order valence-corrected chi connectivity index (χ2v) is 5.43. The van der Waals surface area contributed by atoms with E-state index in [-0.39, 0.29) is 11.7 Å². The molecular weight excluding hydrogens is 314 g/mol. The summed E-state index contributed by atoms with van der Waals surface area (Å²) in [5.41, 5.74) is 0.151. The Balaban J connectivity index is 2.01. The Morgan fingerprint density at radius 2 is 2.42 bits per heavy atom. The molecular formula is C13H16BrNO4. The van der Waals surface area contributed by atoms with Gasteiger partial charge in [0.25, 0.3) is 0 Å². The van der Waals surface area contributed by atoms with Crippen molar-refractivity contribution in [3.63, 3.8) is 0 Å². The van der Waals surface area contributed by atoms with Crippen LogP contribution in [-0.2, 0) is 4.74 Å². The number of halogens is 1. The predicted octanol–water partition coefficient (Wildman–Crippen LogP) is 1.86. The van der Waals surface area contributed by atoms with Crippen LogP contribution in [0.4, 0.5) is 0 Å². The van der Waals surface area contributed by atoms with E-state index < -0.39 is 5.97 Å². The molecule has 1 heterocycles. The number of ether oxygens (including phenoxy) is 2. The van der Waals surface area contributed by atoms with Gasteiger partial charge >= 0.3 is 5.97 Å². The summed E-state index contributed by atoms with van der Waals surface area (Å²) in [5.74, 6) is -0.634. The van der Waals surface area contributed by atoms with Crippen LogP contribution in [0.15, 0.2) is 22.7 Å². The summed E-state index contributed by atoms with van der Waals surface area (Å²) in [4.78, 5) is 13.3. The minimum absolute atomic E-state index is 0.0240. The minimum Gasteiger partial charge on any atom is -0.490 e. The molecule has 1 atom stereocenters. The molecule has 1 aliphatic rings. The highest BCUT2D eigenvalue weighted by Gasteiger charge is 2.19. The van der Waals surface area contributed by atoms with Crippen LogP contribution in [-0.4, -0.2) is 55.4 Å². The summed E-state index contributed by atoms with van der Waals surface area (Å²) in [5, 5.41) is 9.13. The zero-order valence-corrected chi connectivity index (χ0v) is 12.2. The average Bonchev–Trinajstić information content (AvgIpc) is 2.37. The molecule has 0 saturated carbocycles. The maximum absolute atomic E-state index is 11.1. The van der Waals surface area contributed by atoms with Crippen LogP contribution >= 0.6 is 15.9 Å². The van der Waals surface area contributed by atoms with Gasteiger partial charge in [-0.2, -0.15) is 0 Å². The number of rotatable bonds is 4. The zero-order valence-electron chi connectivity index (χ0n) is 10.6. The van der Waals surface area contributed by atoms with Gasteiger partial charge in [0.15, 0.2) is 0 Å². The van der Waals surface area contributed by atoms with E-state index in [1.54, 1.807) is 12.1 Å². The van der Waals surface area contributed by atoms with Gasteiger partial charge in [-0.15, -0.1) is 0 Å². The molecule has 5 nitrogen and oxygen atoms in total. The van der Waals surface area contributed by atoms with Crippen LogP contribution in [0.5, 0.6) is 5.75 Å². The Labute approximate surface area is 120 Å². The molecule has 1 aliphatic heterocycles. The SMILES string of the molecule is CN1CCOC(COc2ccc(Br)cc2C(=O)O)C1. The molecule has 1 saturated heterocycles. The third-order valence-electron chi connectivity index (χ3n) is 2.94. The van der Waals surface area contributed by atoms with Gasteiger partial charge < -0.3 is 19.5 Å². The molecule has 0 amide bonds. The minimum atomic E-state index is -1.00. The molecule has 0 radical (unpaired) electrons. The Morgan fingerprint density at radius 1 is 1.63 bits per heavy atom. The largest absolute Gasteiger partial charge is 0.490 e. The first kappa shape index (κ1) is 14.3. The number of nitrogens with zero attached hydrogens (tertiary/aromatic N) is 1. The third kappa shape index (κ3) is 3.92. The number of carbonyl (C=O) groups is 1. The van der Waals surface area contributed by atoms with Crippen molar-refractivity contribution >= 4 is 21.9 Å². The lowest BCUT2D eigenvalue weighted by Gasteiger charge is -2.29. The van der Waals surface area contributed by atoms with Gasteiger partial charge in [0.2, 0.25) is 0 Å². The van der Waals surface area contributed by atoms with Crippen LogP contribution in [0, 0.1) is 0 Å². The van der Waals surface area contributed by atoms with E-state index in [0.29, 0.717) is 23.4 Å². The van der Waals surface area contributed by atoms with Crippen molar-refractivity contribution < 1.29 is 19.4 Å². The van der Waals surface area contributed by atoms with Crippen molar-refractivity contribution in [1.29, 1.82) is 0 Å². The molecule has 2 rings (SSSR count). The van der Waals surface area contributed by atoms with E-state index in [9.17, 15) is 4.79 Å². The molecule has 0 aromatic heterocycles. The number of hydrogen-bond acceptors (Lipinski definition) is 4. The summed E-state index contributed by atoms with van der Waals surface area (Å²) in [6.45, 7) is 2.73. The fourth-order valence-electron chi connectivity index (χ4n) is 1.95. The van der Waals surface area contributed by atoms with Crippen molar-refractivity contribution in [1.82, 2.24) is 4.90 Å². The highest BCUT2D eigenvalue weighted by Crippen LogP contribution is 2.23. The Hall–Kier alpha value is -1.11. The fraction of sp³-hybridized carbons (Fsp3) is 0.462. The van der Waals surface area contributed by atoms with Crippen LogP contribution in [0.1, 0.15) is 10.4 Å². The Bertz CT molecular complexity index is 466. The number of carboxylic acid groups (broad SMARTS) is 1. The molecule has 1 aromatic rings. The normalized spacial score (nSPS) is 20.2. The fourth-order valence-corrected chi connectivity index (χ4v) is 2.31. The monoisotopic (exact) mass is 329 g/mol. The number of benzene rings is 1. The highest BCUT2D eigenvalue weighted by atomic mass is 79.9. The summed E-state index contributed by atoms with van der Waals surface area (Å²) < 4.78 is 11.9. The molecule has 19 heavy (non-hydrogen) atoms. The zero-order chi connectivity index (χ0) is 13.8. The van der Waals surface area contributed by atoms with Gasteiger partial charge in [0.05, 0.1) is 6.61 Å². The van der Waals surface area contributed by atoms with Gasteiger partial charge in [-0.1, -0.05) is 15.9 Å². The lowest BCUT2D eigenvalue weighted by atomic mass is 10.2. The first-order chi connectivity index (χ1) is 9.06. The van der Waals surface area contributed by atoms with Crippen molar-refractivity contribution in [2.75, 3.05) is 33.4 Å². The van der Waals surface area contributed by atoms with Gasteiger partial charge in [-0.25, -0.2) is 4.79 Å². The molecule has 1 aromatic carbocycles. The van der Waals surface area contributed by atoms with Crippen molar-refractivity contribution in [2.24, 2.45) is 0 Å². The number of aromatic carboxylic acids is 1. The van der Waals surface area contributed by atoms with Gasteiger partial charge in [-0.05, 0) is 25.2 Å². The van der Waals surface area contributed by atoms with Crippen LogP contribution < -0.4 is 4.74 Å². The molecule has 0 aliphatic carbocycles. The third-order valence-corrected chi connectivity index (χ3v) is 3.43. The van der Waals surface area contributed by atoms with E-state index in [0.717, 1.165) is 13.1 Å². The van der Waals surface area contributed by atoms with Crippen LogP contribution in [0.25, 0.3) is 0 Å². The quantitative estimate of drug-likeness (QED) is 0.913. The molecule has 0 bridgehead atoms. The first-order valence-corrected chi connectivity index (χ1v) is 6.81. The molecule has 1 N–H and O–H groups in total. The standard InChI is InChI=1S/C13H16BrNO4/c1-15-4-5-18-10(7-15)8-19-12-3-2-9(14)6-11(12)13(16)17/h2-3,6,10H,4-5,7-8H2,1H3,(H,16,17). The maximum atomic E-state index is 11.1. The van der Waals surface area contributed by atoms with Crippen molar-refractivity contribution in [3.8, 4) is 5.75 Å². The van der Waals surface area contributed by atoms with Gasteiger partial charge in [-0.3, -0.25) is 0 Å². The molecule has 1 unspecified atom stereocenters. The summed E-state index contributed by atoms with van der Waals surface area (Å²) >= 11 is 3.25. The van der Waals surface area contributed by atoms with E-state index >= 15 is 0 Å². The van der Waals surface area contributed by atoms with E-state index in [1.807, 2.05) is 7.05 Å². The first-order valence-electron chi connectivity index (χ1n) is 6.02. The number of morpholine rings is 1. The topological polar surface area (TPSA) is 59.0 Å². The number of hydrogen-bond donors (Lipinski definition) is 1. The smallest absolute Gasteiger partial charge is 0.339 e. The average molecular weight is 330 g/mol. The van der Waals surface area contributed by atoms with Crippen LogP contribution in [0.3, 0.4) is 0 Å². The Morgan fingerprint density at radius 3 is 3.11 bits per heavy atom. The second kappa shape index (κ2) is 6.36. The molecule has 1 fully saturated rings.